The molecule has 1 aromatic rings. The molecule has 0 radical (unpaired) electrons. The maximum absolute atomic E-state index is 11.7. The molecular weight excluding hydrogens is 268 g/mol. The fraction of sp³-hybridized carbons (Fsp3) is 0.462. The number of nitrogens with zero attached hydrogens (tertiary/aromatic N) is 2. The van der Waals surface area contributed by atoms with Crippen molar-refractivity contribution in [3.8, 4) is 0 Å². The van der Waals surface area contributed by atoms with Crippen molar-refractivity contribution in [3.05, 3.63) is 28.8 Å². The topological polar surface area (TPSA) is 23.6 Å². The Labute approximate surface area is 118 Å². The predicted molar refractivity (Wildman–Crippen MR) is 78.7 cm³/mol. The highest BCUT2D eigenvalue weighted by Crippen LogP contribution is 2.31. The molecule has 3 nitrogen and oxygen atoms in total. The summed E-state index contributed by atoms with van der Waals surface area (Å²) in [5.74, 6) is 0.129. The maximum Gasteiger partial charge on any atom is 0.241 e. The highest BCUT2D eigenvalue weighted by molar-refractivity contribution is 7.80. The van der Waals surface area contributed by atoms with E-state index in [1.54, 1.807) is 4.90 Å². The van der Waals surface area contributed by atoms with Crippen molar-refractivity contribution in [1.82, 2.24) is 4.90 Å². The van der Waals surface area contributed by atoms with Crippen LogP contribution in [0.25, 0.3) is 0 Å². The zero-order valence-corrected chi connectivity index (χ0v) is 12.2. The van der Waals surface area contributed by atoms with Crippen LogP contribution in [-0.2, 0) is 4.79 Å². The van der Waals surface area contributed by atoms with Gasteiger partial charge in [-0.25, -0.2) is 0 Å². The number of rotatable bonds is 2. The van der Waals surface area contributed by atoms with Gasteiger partial charge < -0.3 is 9.80 Å². The molecule has 0 aromatic heterocycles. The summed E-state index contributed by atoms with van der Waals surface area (Å²) in [6, 6.07) is 5.92. The van der Waals surface area contributed by atoms with Gasteiger partial charge in [0, 0.05) is 25.4 Å². The van der Waals surface area contributed by atoms with Crippen molar-refractivity contribution in [2.75, 3.05) is 31.6 Å². The van der Waals surface area contributed by atoms with Gasteiger partial charge in [-0.3, -0.25) is 4.79 Å². The molecule has 2 rings (SSSR count). The first-order chi connectivity index (χ1) is 8.49. The molecule has 1 heterocycles. The third-order valence-electron chi connectivity index (χ3n) is 3.25. The summed E-state index contributed by atoms with van der Waals surface area (Å²) in [5, 5.41) is 0.844. The zero-order valence-electron chi connectivity index (χ0n) is 10.6. The average molecular weight is 285 g/mol. The number of anilines is 1. The number of likely N-dealkylation sites (N-methyl/N-ethyl adjacent to an activating group) is 1. The van der Waals surface area contributed by atoms with E-state index in [0.29, 0.717) is 11.6 Å². The Morgan fingerprint density at radius 1 is 1.39 bits per heavy atom. The van der Waals surface area contributed by atoms with Gasteiger partial charge in [0.1, 0.15) is 0 Å². The molecule has 1 aliphatic rings. The Morgan fingerprint density at radius 3 is 2.67 bits per heavy atom. The smallest absolute Gasteiger partial charge is 0.241 e. The molecule has 1 amide bonds. The molecule has 1 aliphatic heterocycles. The van der Waals surface area contributed by atoms with Gasteiger partial charge in [-0.1, -0.05) is 17.7 Å². The van der Waals surface area contributed by atoms with Crippen molar-refractivity contribution in [1.29, 1.82) is 0 Å². The number of thiol groups is 1. The van der Waals surface area contributed by atoms with E-state index >= 15 is 0 Å². The number of amides is 1. The van der Waals surface area contributed by atoms with Crippen molar-refractivity contribution >= 4 is 35.8 Å². The lowest BCUT2D eigenvalue weighted by molar-refractivity contribution is -0.129. The average Bonchev–Trinajstić information content (AvgIpc) is 2.32. The lowest BCUT2D eigenvalue weighted by atomic mass is 10.1. The largest absolute Gasteiger partial charge is 0.359 e. The van der Waals surface area contributed by atoms with E-state index in [1.165, 1.54) is 0 Å². The molecule has 0 aliphatic carbocycles. The summed E-state index contributed by atoms with van der Waals surface area (Å²) < 4.78 is 0. The molecule has 0 spiro atoms. The number of hydrogen-bond donors (Lipinski definition) is 1. The van der Waals surface area contributed by atoms with Crippen LogP contribution in [0.3, 0.4) is 0 Å². The van der Waals surface area contributed by atoms with E-state index in [0.717, 1.165) is 24.3 Å². The van der Waals surface area contributed by atoms with E-state index in [-0.39, 0.29) is 11.2 Å². The van der Waals surface area contributed by atoms with Crippen LogP contribution < -0.4 is 4.90 Å². The van der Waals surface area contributed by atoms with Crippen LogP contribution in [-0.4, -0.2) is 37.5 Å². The summed E-state index contributed by atoms with van der Waals surface area (Å²) in [6.07, 6.45) is 0. The normalized spacial score (nSPS) is 18.1. The van der Waals surface area contributed by atoms with Gasteiger partial charge in [0.15, 0.2) is 0 Å². The molecule has 1 atom stereocenters. The van der Waals surface area contributed by atoms with Gasteiger partial charge in [-0.2, -0.15) is 12.6 Å². The van der Waals surface area contributed by atoms with Crippen molar-refractivity contribution in [2.24, 2.45) is 0 Å². The van der Waals surface area contributed by atoms with Crippen LogP contribution in [0.2, 0.25) is 5.02 Å². The van der Waals surface area contributed by atoms with E-state index in [2.05, 4.69) is 12.6 Å². The third-order valence-corrected chi connectivity index (χ3v) is 3.85. The molecule has 1 saturated heterocycles. The summed E-state index contributed by atoms with van der Waals surface area (Å²) in [5.41, 5.74) is 2.02. The molecule has 1 fully saturated rings. The first-order valence-electron chi connectivity index (χ1n) is 5.95. The summed E-state index contributed by atoms with van der Waals surface area (Å²) >= 11 is 10.7. The fourth-order valence-electron chi connectivity index (χ4n) is 2.00. The summed E-state index contributed by atoms with van der Waals surface area (Å²) in [4.78, 5) is 15.5. The van der Waals surface area contributed by atoms with Gasteiger partial charge in [0.2, 0.25) is 5.91 Å². The van der Waals surface area contributed by atoms with E-state index in [1.807, 2.05) is 37.1 Å². The number of carbonyl (C=O) groups excluding carboxylic acids is 1. The van der Waals surface area contributed by atoms with Crippen molar-refractivity contribution in [3.63, 3.8) is 0 Å². The number of benzene rings is 1. The second-order valence-corrected chi connectivity index (χ2v) is 5.81. The summed E-state index contributed by atoms with van der Waals surface area (Å²) in [7, 11) is 1.83. The molecule has 5 heteroatoms. The quantitative estimate of drug-likeness (QED) is 0.844. The molecule has 1 unspecified atom stereocenters. The lowest BCUT2D eigenvalue weighted by Gasteiger charge is -2.34. The second-order valence-electron chi connectivity index (χ2n) is 4.62. The van der Waals surface area contributed by atoms with Crippen LogP contribution in [0.5, 0.6) is 0 Å². The van der Waals surface area contributed by atoms with E-state index in [4.69, 9.17) is 11.6 Å². The molecule has 0 N–H and O–H groups in total. The zero-order chi connectivity index (χ0) is 13.3. The van der Waals surface area contributed by atoms with Crippen LogP contribution in [0.15, 0.2) is 18.2 Å². The molecule has 98 valence electrons. The minimum Gasteiger partial charge on any atom is -0.359 e. The number of hydrogen-bond acceptors (Lipinski definition) is 3. The fourth-order valence-corrected chi connectivity index (χ4v) is 2.47. The monoisotopic (exact) mass is 284 g/mol. The number of carbonyl (C=O) groups is 1. The Kier molecular flexibility index (Phi) is 4.07. The van der Waals surface area contributed by atoms with Gasteiger partial charge in [-0.15, -0.1) is 0 Å². The standard InChI is InChI=1S/C13H17ClN2OS/c1-9(18)10-3-4-12(11(14)7-10)16-6-5-15(2)13(17)8-16/h3-4,7,9,18H,5-6,8H2,1-2H3. The second kappa shape index (κ2) is 5.41. The molecule has 0 saturated carbocycles. The van der Waals surface area contributed by atoms with Gasteiger partial charge in [0.05, 0.1) is 17.3 Å². The van der Waals surface area contributed by atoms with Gasteiger partial charge in [-0.05, 0) is 24.6 Å². The maximum atomic E-state index is 11.7. The van der Waals surface area contributed by atoms with E-state index < -0.39 is 0 Å². The highest BCUT2D eigenvalue weighted by Gasteiger charge is 2.22. The Balaban J connectivity index is 2.21. The van der Waals surface area contributed by atoms with Crippen LogP contribution in [0, 0.1) is 0 Å². The SMILES string of the molecule is CC(S)c1ccc(N2CCN(C)C(=O)C2)c(Cl)c1. The summed E-state index contributed by atoms with van der Waals surface area (Å²) in [6.45, 7) is 3.96. The van der Waals surface area contributed by atoms with Gasteiger partial charge in [0.25, 0.3) is 0 Å². The van der Waals surface area contributed by atoms with Crippen molar-refractivity contribution < 1.29 is 4.79 Å². The third kappa shape index (κ3) is 2.75. The van der Waals surface area contributed by atoms with E-state index in [9.17, 15) is 4.79 Å². The molecular formula is C13H17ClN2OS. The number of halogens is 1. The number of piperazine rings is 1. The molecule has 1 aromatic carbocycles. The van der Waals surface area contributed by atoms with Crippen LogP contribution >= 0.6 is 24.2 Å². The molecule has 18 heavy (non-hydrogen) atoms. The minimum absolute atomic E-state index is 0.129. The first-order valence-corrected chi connectivity index (χ1v) is 6.85. The van der Waals surface area contributed by atoms with Gasteiger partial charge >= 0.3 is 0 Å². The van der Waals surface area contributed by atoms with Crippen LogP contribution in [0.4, 0.5) is 5.69 Å². The lowest BCUT2D eigenvalue weighted by Crippen LogP contribution is -2.48. The Hall–Kier alpha value is -0.870. The minimum atomic E-state index is 0.129. The Bertz CT molecular complexity index is 464. The molecule has 0 bridgehead atoms. The van der Waals surface area contributed by atoms with Crippen LogP contribution in [0.1, 0.15) is 17.7 Å². The first kappa shape index (κ1) is 13.6. The Morgan fingerprint density at radius 2 is 2.11 bits per heavy atom. The highest BCUT2D eigenvalue weighted by atomic mass is 35.5. The predicted octanol–water partition coefficient (Wildman–Crippen LogP) is 2.61. The van der Waals surface area contributed by atoms with Crippen molar-refractivity contribution in [2.45, 2.75) is 12.2 Å².